The first-order valence-corrected chi connectivity index (χ1v) is 6.19. The molecule has 0 bridgehead atoms. The van der Waals surface area contributed by atoms with Crippen LogP contribution in [0.1, 0.15) is 18.4 Å². The van der Waals surface area contributed by atoms with E-state index in [0.717, 1.165) is 19.4 Å². The lowest BCUT2D eigenvalue weighted by molar-refractivity contribution is 0.183. The van der Waals surface area contributed by atoms with Crippen LogP contribution >= 0.6 is 11.6 Å². The number of aliphatic hydroxyl groups excluding tert-OH is 1. The summed E-state index contributed by atoms with van der Waals surface area (Å²) < 4.78 is 15.8. The molecule has 0 aliphatic rings. The lowest BCUT2D eigenvalue weighted by Gasteiger charge is -2.13. The van der Waals surface area contributed by atoms with Crippen molar-refractivity contribution in [3.8, 4) is 11.5 Å². The lowest BCUT2D eigenvalue weighted by Crippen LogP contribution is -2.02. The van der Waals surface area contributed by atoms with Crippen LogP contribution in [0.4, 0.5) is 0 Å². The topological polar surface area (TPSA) is 47.9 Å². The number of halogens is 1. The van der Waals surface area contributed by atoms with Gasteiger partial charge in [-0.3, -0.25) is 0 Å². The monoisotopic (exact) mass is 274 g/mol. The third-order valence-corrected chi connectivity index (χ3v) is 2.74. The smallest absolute Gasteiger partial charge is 0.179 e. The molecule has 0 heterocycles. The van der Waals surface area contributed by atoms with E-state index in [9.17, 15) is 0 Å². The van der Waals surface area contributed by atoms with Crippen LogP contribution in [0.2, 0.25) is 5.02 Å². The Hall–Kier alpha value is -0.970. The van der Waals surface area contributed by atoms with Gasteiger partial charge >= 0.3 is 0 Å². The minimum Gasteiger partial charge on any atom is -0.493 e. The molecule has 0 saturated heterocycles. The van der Waals surface area contributed by atoms with Gasteiger partial charge in [-0.2, -0.15) is 0 Å². The first kappa shape index (κ1) is 15.1. The summed E-state index contributed by atoms with van der Waals surface area (Å²) in [6.07, 6.45) is 1.82. The van der Waals surface area contributed by atoms with Gasteiger partial charge in [0.2, 0.25) is 0 Å². The highest BCUT2D eigenvalue weighted by Crippen LogP contribution is 2.36. The molecule has 0 saturated carbocycles. The predicted molar refractivity (Wildman–Crippen MR) is 70.5 cm³/mol. The molecule has 5 heteroatoms. The molecule has 18 heavy (non-hydrogen) atoms. The fourth-order valence-electron chi connectivity index (χ4n) is 1.53. The fraction of sp³-hybridized carbons (Fsp3) is 0.538. The van der Waals surface area contributed by atoms with Crippen molar-refractivity contribution in [1.29, 1.82) is 0 Å². The highest BCUT2D eigenvalue weighted by atomic mass is 35.5. The van der Waals surface area contributed by atoms with Gasteiger partial charge in [-0.25, -0.2) is 0 Å². The fourth-order valence-corrected chi connectivity index (χ4v) is 1.82. The molecule has 1 rings (SSSR count). The van der Waals surface area contributed by atoms with Crippen LogP contribution in [0.3, 0.4) is 0 Å². The zero-order chi connectivity index (χ0) is 13.4. The number of hydrogen-bond donors (Lipinski definition) is 1. The molecule has 0 aromatic heterocycles. The van der Waals surface area contributed by atoms with Gasteiger partial charge in [0.15, 0.2) is 11.5 Å². The van der Waals surface area contributed by atoms with Crippen LogP contribution in [-0.2, 0) is 11.3 Å². The Morgan fingerprint density at radius 1 is 1.17 bits per heavy atom. The number of hydrogen-bond acceptors (Lipinski definition) is 4. The third kappa shape index (κ3) is 4.37. The van der Waals surface area contributed by atoms with Gasteiger partial charge in [0.1, 0.15) is 0 Å². The number of rotatable bonds is 8. The van der Waals surface area contributed by atoms with E-state index in [0.29, 0.717) is 28.7 Å². The molecule has 0 spiro atoms. The van der Waals surface area contributed by atoms with E-state index in [2.05, 4.69) is 0 Å². The molecule has 1 aromatic carbocycles. The summed E-state index contributed by atoms with van der Waals surface area (Å²) in [6, 6.07) is 3.39. The second-order valence-corrected chi connectivity index (χ2v) is 4.22. The van der Waals surface area contributed by atoms with Gasteiger partial charge in [-0.1, -0.05) is 11.6 Å². The molecule has 1 aromatic rings. The number of aliphatic hydroxyl groups is 1. The van der Waals surface area contributed by atoms with Crippen molar-refractivity contribution < 1.29 is 19.3 Å². The van der Waals surface area contributed by atoms with Crippen LogP contribution < -0.4 is 9.47 Å². The van der Waals surface area contributed by atoms with Gasteiger partial charge in [0.25, 0.3) is 0 Å². The normalized spacial score (nSPS) is 10.4. The maximum atomic E-state index is 9.08. The van der Waals surface area contributed by atoms with Crippen molar-refractivity contribution >= 4 is 11.6 Å². The summed E-state index contributed by atoms with van der Waals surface area (Å²) in [7, 11) is 3.22. The molecule has 1 N–H and O–H groups in total. The number of methoxy groups -OCH3 is 2. The largest absolute Gasteiger partial charge is 0.493 e. The molecule has 102 valence electrons. The average molecular weight is 275 g/mol. The van der Waals surface area contributed by atoms with Gasteiger partial charge in [-0.15, -0.1) is 0 Å². The van der Waals surface area contributed by atoms with E-state index in [1.165, 1.54) is 0 Å². The van der Waals surface area contributed by atoms with Crippen LogP contribution in [0.25, 0.3) is 0 Å². The maximum Gasteiger partial charge on any atom is 0.179 e. The van der Waals surface area contributed by atoms with Crippen LogP contribution in [-0.4, -0.2) is 32.5 Å². The first-order chi connectivity index (χ1) is 8.72. The maximum absolute atomic E-state index is 9.08. The molecule has 0 unspecified atom stereocenters. The van der Waals surface area contributed by atoms with E-state index in [4.69, 9.17) is 30.9 Å². The number of unbranched alkanes of at least 4 members (excludes halogenated alkanes) is 1. The molecule has 0 fully saturated rings. The van der Waals surface area contributed by atoms with Crippen molar-refractivity contribution in [2.24, 2.45) is 0 Å². The lowest BCUT2D eigenvalue weighted by atomic mass is 10.2. The molecular weight excluding hydrogens is 256 g/mol. The summed E-state index contributed by atoms with van der Waals surface area (Å²) in [4.78, 5) is 0. The second-order valence-electron chi connectivity index (χ2n) is 3.82. The van der Waals surface area contributed by atoms with E-state index in [-0.39, 0.29) is 6.61 Å². The standard InChI is InChI=1S/C13H19ClO4/c1-16-5-3-4-6-18-13-11(14)7-10(9-15)8-12(13)17-2/h7-8,15H,3-6,9H2,1-2H3. The molecular formula is C13H19ClO4. The van der Waals surface area contributed by atoms with Crippen LogP contribution in [0.15, 0.2) is 12.1 Å². The van der Waals surface area contributed by atoms with Crippen molar-refractivity contribution in [1.82, 2.24) is 0 Å². The quantitative estimate of drug-likeness (QED) is 0.741. The molecule has 0 atom stereocenters. The summed E-state index contributed by atoms with van der Waals surface area (Å²) in [5, 5.41) is 9.53. The summed E-state index contributed by atoms with van der Waals surface area (Å²) >= 11 is 6.09. The average Bonchev–Trinajstić information content (AvgIpc) is 2.39. The van der Waals surface area contributed by atoms with Crippen molar-refractivity contribution in [2.45, 2.75) is 19.4 Å². The molecule has 0 amide bonds. The Morgan fingerprint density at radius 3 is 2.50 bits per heavy atom. The first-order valence-electron chi connectivity index (χ1n) is 5.82. The van der Waals surface area contributed by atoms with Gasteiger partial charge in [-0.05, 0) is 30.5 Å². The Balaban J connectivity index is 2.63. The highest BCUT2D eigenvalue weighted by Gasteiger charge is 2.11. The zero-order valence-corrected chi connectivity index (χ0v) is 11.5. The molecule has 0 aliphatic heterocycles. The highest BCUT2D eigenvalue weighted by molar-refractivity contribution is 6.32. The Labute approximate surface area is 112 Å². The Kier molecular flexibility index (Phi) is 6.86. The molecule has 0 radical (unpaired) electrons. The Bertz CT molecular complexity index is 368. The summed E-state index contributed by atoms with van der Waals surface area (Å²) in [6.45, 7) is 1.19. The summed E-state index contributed by atoms with van der Waals surface area (Å²) in [5.41, 5.74) is 0.698. The van der Waals surface area contributed by atoms with Crippen molar-refractivity contribution in [3.05, 3.63) is 22.7 Å². The third-order valence-electron chi connectivity index (χ3n) is 2.46. The van der Waals surface area contributed by atoms with Gasteiger partial charge in [0.05, 0.1) is 25.3 Å². The Morgan fingerprint density at radius 2 is 1.89 bits per heavy atom. The summed E-state index contributed by atoms with van der Waals surface area (Å²) in [5.74, 6) is 1.06. The second kappa shape index (κ2) is 8.19. The molecule has 0 aliphatic carbocycles. The van der Waals surface area contributed by atoms with Gasteiger partial charge < -0.3 is 19.3 Å². The van der Waals surface area contributed by atoms with E-state index < -0.39 is 0 Å². The van der Waals surface area contributed by atoms with E-state index in [1.807, 2.05) is 0 Å². The predicted octanol–water partition coefficient (Wildman–Crippen LogP) is 2.65. The minimum absolute atomic E-state index is 0.0792. The van der Waals surface area contributed by atoms with Gasteiger partial charge in [0, 0.05) is 13.7 Å². The minimum atomic E-state index is -0.0792. The number of ether oxygens (including phenoxy) is 3. The van der Waals surface area contributed by atoms with Crippen molar-refractivity contribution in [3.63, 3.8) is 0 Å². The van der Waals surface area contributed by atoms with E-state index in [1.54, 1.807) is 26.4 Å². The molecule has 4 nitrogen and oxygen atoms in total. The SMILES string of the molecule is COCCCCOc1c(Cl)cc(CO)cc1OC. The van der Waals surface area contributed by atoms with E-state index >= 15 is 0 Å². The van der Waals surface area contributed by atoms with Crippen LogP contribution in [0, 0.1) is 0 Å². The zero-order valence-electron chi connectivity index (χ0n) is 10.7. The number of benzene rings is 1. The van der Waals surface area contributed by atoms with Crippen molar-refractivity contribution in [2.75, 3.05) is 27.4 Å². The van der Waals surface area contributed by atoms with Crippen LogP contribution in [0.5, 0.6) is 11.5 Å².